The third-order valence-corrected chi connectivity index (χ3v) is 4.56. The molecular formula is C17H18N4O3S. The van der Waals surface area contributed by atoms with Gasteiger partial charge in [0.1, 0.15) is 0 Å². The smallest absolute Gasteiger partial charge is 0.224 e. The van der Waals surface area contributed by atoms with Crippen LogP contribution in [-0.4, -0.2) is 29.9 Å². The Morgan fingerprint density at radius 1 is 1.12 bits per heavy atom. The summed E-state index contributed by atoms with van der Waals surface area (Å²) in [6.07, 6.45) is 2.10. The zero-order chi connectivity index (χ0) is 17.9. The zero-order valence-electron chi connectivity index (χ0n) is 13.4. The minimum absolute atomic E-state index is 0.0992. The van der Waals surface area contributed by atoms with Gasteiger partial charge < -0.3 is 5.32 Å². The molecule has 7 nitrogen and oxygen atoms in total. The van der Waals surface area contributed by atoms with Gasteiger partial charge in [0.15, 0.2) is 0 Å². The summed E-state index contributed by atoms with van der Waals surface area (Å²) in [4.78, 5) is 11.8. The Morgan fingerprint density at radius 2 is 1.84 bits per heavy atom. The number of aromatic nitrogens is 2. The Labute approximate surface area is 145 Å². The molecule has 0 aliphatic heterocycles. The van der Waals surface area contributed by atoms with Crippen LogP contribution in [0.1, 0.15) is 12.8 Å². The van der Waals surface area contributed by atoms with Crippen molar-refractivity contribution in [3.63, 3.8) is 0 Å². The van der Waals surface area contributed by atoms with E-state index in [2.05, 4.69) is 10.4 Å². The van der Waals surface area contributed by atoms with Crippen molar-refractivity contribution in [3.8, 4) is 5.69 Å². The van der Waals surface area contributed by atoms with Crippen LogP contribution in [0.4, 0.5) is 5.69 Å². The molecular weight excluding hydrogens is 340 g/mol. The molecule has 0 aliphatic carbocycles. The van der Waals surface area contributed by atoms with Gasteiger partial charge in [0.2, 0.25) is 15.9 Å². The molecule has 1 aromatic heterocycles. The fraction of sp³-hybridized carbons (Fsp3) is 0.176. The van der Waals surface area contributed by atoms with Crippen molar-refractivity contribution in [1.29, 1.82) is 0 Å². The predicted octanol–water partition coefficient (Wildman–Crippen LogP) is 2.03. The average Bonchev–Trinajstić information content (AvgIpc) is 2.98. The van der Waals surface area contributed by atoms with Gasteiger partial charge in [-0.05, 0) is 36.8 Å². The number of para-hydroxylation sites is 1. The van der Waals surface area contributed by atoms with Crippen molar-refractivity contribution >= 4 is 32.5 Å². The summed E-state index contributed by atoms with van der Waals surface area (Å²) in [5.74, 6) is -0.452. The number of fused-ring (bicyclic) bond motifs is 1. The van der Waals surface area contributed by atoms with Crippen LogP contribution in [0, 0.1) is 0 Å². The van der Waals surface area contributed by atoms with Gasteiger partial charge in [0.25, 0.3) is 0 Å². The van der Waals surface area contributed by atoms with E-state index >= 15 is 0 Å². The maximum absolute atomic E-state index is 11.8. The fourth-order valence-corrected chi connectivity index (χ4v) is 3.07. The lowest BCUT2D eigenvalue weighted by atomic mass is 10.2. The molecule has 0 fully saturated rings. The molecule has 0 radical (unpaired) electrons. The number of benzene rings is 2. The van der Waals surface area contributed by atoms with Crippen LogP contribution in [0.2, 0.25) is 0 Å². The number of carbonyl (C=O) groups excluding carboxylic acids is 1. The highest BCUT2D eigenvalue weighted by atomic mass is 32.2. The maximum atomic E-state index is 11.8. The van der Waals surface area contributed by atoms with E-state index in [9.17, 15) is 13.2 Å². The summed E-state index contributed by atoms with van der Waals surface area (Å²) in [6, 6.07) is 15.2. The number of sulfonamides is 1. The van der Waals surface area contributed by atoms with Gasteiger partial charge >= 0.3 is 0 Å². The Morgan fingerprint density at radius 3 is 2.56 bits per heavy atom. The summed E-state index contributed by atoms with van der Waals surface area (Å²) in [5, 5.41) is 13.1. The number of anilines is 1. The first-order valence-corrected chi connectivity index (χ1v) is 9.47. The number of carbonyl (C=O) groups is 1. The normalized spacial score (nSPS) is 11.6. The molecule has 1 amide bonds. The highest BCUT2D eigenvalue weighted by Crippen LogP contribution is 2.19. The molecule has 3 N–H and O–H groups in total. The number of hydrogen-bond donors (Lipinski definition) is 2. The third-order valence-electron chi connectivity index (χ3n) is 3.71. The minimum Gasteiger partial charge on any atom is -0.326 e. The number of hydrogen-bond acceptors (Lipinski definition) is 4. The van der Waals surface area contributed by atoms with E-state index in [0.717, 1.165) is 16.6 Å². The van der Waals surface area contributed by atoms with Crippen LogP contribution < -0.4 is 10.5 Å². The number of amides is 1. The topological polar surface area (TPSA) is 107 Å². The first-order valence-electron chi connectivity index (χ1n) is 7.76. The second-order valence-corrected chi connectivity index (χ2v) is 7.41. The Kier molecular flexibility index (Phi) is 4.82. The number of nitrogens with zero attached hydrogens (tertiary/aromatic N) is 2. The Balaban J connectivity index is 1.65. The standard InChI is InChI=1S/C17H18N4O3S/c18-25(23,24)11-3-6-17(22)20-14-7-9-15(10-8-14)21-16-5-2-1-4-13(16)12-19-21/h1-2,4-5,7-10,12H,3,6,11H2,(H,20,22)(H2,18,23,24). The average molecular weight is 358 g/mol. The summed E-state index contributed by atoms with van der Waals surface area (Å²) < 4.78 is 23.5. The monoisotopic (exact) mass is 358 g/mol. The van der Waals surface area contributed by atoms with E-state index in [1.165, 1.54) is 0 Å². The Hall–Kier alpha value is -2.71. The molecule has 3 rings (SSSR count). The molecule has 0 unspecified atom stereocenters. The third kappa shape index (κ3) is 4.43. The minimum atomic E-state index is -3.53. The zero-order valence-corrected chi connectivity index (χ0v) is 14.2. The summed E-state index contributed by atoms with van der Waals surface area (Å²) in [7, 11) is -3.53. The molecule has 0 atom stereocenters. The first kappa shape index (κ1) is 17.1. The number of rotatable bonds is 6. The highest BCUT2D eigenvalue weighted by Gasteiger charge is 2.08. The van der Waals surface area contributed by atoms with Crippen molar-refractivity contribution in [2.45, 2.75) is 12.8 Å². The van der Waals surface area contributed by atoms with Gasteiger partial charge in [-0.1, -0.05) is 18.2 Å². The highest BCUT2D eigenvalue weighted by molar-refractivity contribution is 7.89. The second kappa shape index (κ2) is 7.04. The lowest BCUT2D eigenvalue weighted by molar-refractivity contribution is -0.116. The lowest BCUT2D eigenvalue weighted by Gasteiger charge is -2.07. The molecule has 0 aliphatic rings. The molecule has 2 aromatic carbocycles. The molecule has 130 valence electrons. The van der Waals surface area contributed by atoms with Gasteiger partial charge in [0, 0.05) is 17.5 Å². The fourth-order valence-electron chi connectivity index (χ4n) is 2.52. The Bertz CT molecular complexity index is 994. The van der Waals surface area contributed by atoms with Crippen molar-refractivity contribution in [1.82, 2.24) is 9.78 Å². The van der Waals surface area contributed by atoms with Crippen molar-refractivity contribution in [2.75, 3.05) is 11.1 Å². The van der Waals surface area contributed by atoms with Crippen molar-refractivity contribution in [3.05, 3.63) is 54.7 Å². The van der Waals surface area contributed by atoms with Crippen molar-refractivity contribution in [2.24, 2.45) is 5.14 Å². The van der Waals surface area contributed by atoms with E-state index in [0.29, 0.717) is 5.69 Å². The van der Waals surface area contributed by atoms with Crippen LogP contribution in [0.25, 0.3) is 16.6 Å². The van der Waals surface area contributed by atoms with Crippen LogP contribution in [0.15, 0.2) is 54.7 Å². The SMILES string of the molecule is NS(=O)(=O)CCCC(=O)Nc1ccc(-n2ncc3ccccc32)cc1. The largest absolute Gasteiger partial charge is 0.326 e. The van der Waals surface area contributed by atoms with Crippen LogP contribution in [0.5, 0.6) is 0 Å². The van der Waals surface area contributed by atoms with E-state index in [1.807, 2.05) is 41.1 Å². The summed E-state index contributed by atoms with van der Waals surface area (Å²) in [5.41, 5.74) is 2.52. The van der Waals surface area contributed by atoms with Crippen LogP contribution >= 0.6 is 0 Å². The van der Waals surface area contributed by atoms with Gasteiger partial charge in [-0.15, -0.1) is 0 Å². The van der Waals surface area contributed by atoms with E-state index < -0.39 is 10.0 Å². The van der Waals surface area contributed by atoms with Crippen LogP contribution in [0.3, 0.4) is 0 Å². The number of primary sulfonamides is 1. The van der Waals surface area contributed by atoms with Crippen molar-refractivity contribution < 1.29 is 13.2 Å². The molecule has 1 heterocycles. The molecule has 0 saturated carbocycles. The van der Waals surface area contributed by atoms with E-state index in [-0.39, 0.29) is 24.5 Å². The first-order chi connectivity index (χ1) is 11.9. The quantitative estimate of drug-likeness (QED) is 0.703. The van der Waals surface area contributed by atoms with E-state index in [1.54, 1.807) is 18.3 Å². The molecule has 8 heteroatoms. The summed E-state index contributed by atoms with van der Waals surface area (Å²) >= 11 is 0. The van der Waals surface area contributed by atoms with Gasteiger partial charge in [0.05, 0.1) is 23.2 Å². The van der Waals surface area contributed by atoms with Gasteiger partial charge in [-0.3, -0.25) is 4.79 Å². The molecule has 0 saturated heterocycles. The predicted molar refractivity (Wildman–Crippen MR) is 96.9 cm³/mol. The van der Waals surface area contributed by atoms with Gasteiger partial charge in [-0.2, -0.15) is 5.10 Å². The number of nitrogens with two attached hydrogens (primary N) is 1. The molecule has 0 bridgehead atoms. The number of nitrogens with one attached hydrogen (secondary N) is 1. The van der Waals surface area contributed by atoms with E-state index in [4.69, 9.17) is 5.14 Å². The molecule has 25 heavy (non-hydrogen) atoms. The molecule has 3 aromatic rings. The summed E-state index contributed by atoms with van der Waals surface area (Å²) in [6.45, 7) is 0. The second-order valence-electron chi connectivity index (χ2n) is 5.68. The van der Waals surface area contributed by atoms with Crippen LogP contribution in [-0.2, 0) is 14.8 Å². The molecule has 0 spiro atoms. The lowest BCUT2D eigenvalue weighted by Crippen LogP contribution is -2.19. The van der Waals surface area contributed by atoms with Gasteiger partial charge in [-0.25, -0.2) is 18.2 Å². The maximum Gasteiger partial charge on any atom is 0.224 e.